The average molecular weight is 438 g/mol. The number of aromatic nitrogens is 3. The summed E-state index contributed by atoms with van der Waals surface area (Å²) in [6.07, 6.45) is 3.33. The number of nitrogens with two attached hydrogens (primary N) is 1. The number of carbonyl (C=O) groups is 1. The third-order valence-electron chi connectivity index (χ3n) is 5.01. The molecule has 0 saturated heterocycles. The van der Waals surface area contributed by atoms with E-state index in [4.69, 9.17) is 5.73 Å². The number of primary amides is 1. The van der Waals surface area contributed by atoms with Crippen molar-refractivity contribution in [3.05, 3.63) is 88.4 Å². The fourth-order valence-electron chi connectivity index (χ4n) is 3.70. The second-order valence-corrected chi connectivity index (χ2v) is 8.15. The number of thiazole rings is 1. The molecule has 0 radical (unpaired) electrons. The van der Waals surface area contributed by atoms with Gasteiger partial charge >= 0.3 is 0 Å². The van der Waals surface area contributed by atoms with E-state index in [0.29, 0.717) is 31.9 Å². The summed E-state index contributed by atoms with van der Waals surface area (Å²) >= 11 is 1.14. The molecule has 3 heterocycles. The molecule has 0 fully saturated rings. The first-order valence-electron chi connectivity index (χ1n) is 9.24. The van der Waals surface area contributed by atoms with Gasteiger partial charge in [-0.3, -0.25) is 29.0 Å². The summed E-state index contributed by atoms with van der Waals surface area (Å²) in [5.74, 6) is -0.664. The average Bonchev–Trinajstić information content (AvgIpc) is 3.18. The van der Waals surface area contributed by atoms with Crippen LogP contribution in [-0.2, 0) is 11.8 Å². The molecule has 0 bridgehead atoms. The van der Waals surface area contributed by atoms with E-state index >= 15 is 0 Å². The van der Waals surface area contributed by atoms with Crippen molar-refractivity contribution >= 4 is 29.0 Å². The first-order chi connectivity index (χ1) is 14.7. The lowest BCUT2D eigenvalue weighted by molar-refractivity contribution is -0.384. The maximum atomic E-state index is 13.4. The molecular weight excluding hydrogens is 420 g/mol. The van der Waals surface area contributed by atoms with Crippen LogP contribution in [-0.4, -0.2) is 25.2 Å². The van der Waals surface area contributed by atoms with E-state index in [9.17, 15) is 19.7 Å². The number of amides is 1. The van der Waals surface area contributed by atoms with Gasteiger partial charge in [0.2, 0.25) is 5.91 Å². The normalized spacial score (nSPS) is 16.2. The predicted octanol–water partition coefficient (Wildman–Crippen LogP) is 0.671. The third-order valence-corrected chi connectivity index (χ3v) is 5.99. The van der Waals surface area contributed by atoms with E-state index in [0.717, 1.165) is 11.3 Å². The molecule has 1 aromatic carbocycles. The van der Waals surface area contributed by atoms with E-state index in [-0.39, 0.29) is 16.8 Å². The second kappa shape index (κ2) is 7.43. The van der Waals surface area contributed by atoms with Gasteiger partial charge in [-0.25, -0.2) is 4.99 Å². The van der Waals surface area contributed by atoms with Crippen LogP contribution in [0.4, 0.5) is 5.69 Å². The largest absolute Gasteiger partial charge is 0.366 e. The number of hydrogen-bond donors (Lipinski definition) is 1. The van der Waals surface area contributed by atoms with Crippen LogP contribution >= 0.6 is 11.3 Å². The Morgan fingerprint density at radius 2 is 2.10 bits per heavy atom. The number of carbonyl (C=O) groups excluding carboxylic acids is 1. The zero-order valence-corrected chi connectivity index (χ0v) is 17.7. The quantitative estimate of drug-likeness (QED) is 0.471. The molecule has 2 aromatic heterocycles. The molecule has 0 spiro atoms. The first kappa shape index (κ1) is 20.4. The fourth-order valence-corrected chi connectivity index (χ4v) is 4.74. The minimum absolute atomic E-state index is 0.0720. The molecule has 3 aromatic rings. The van der Waals surface area contributed by atoms with Crippen LogP contribution < -0.4 is 20.6 Å². The molecule has 1 atom stereocenters. The van der Waals surface area contributed by atoms with Gasteiger partial charge in [0.05, 0.1) is 26.4 Å². The Hall–Kier alpha value is -3.86. The highest BCUT2D eigenvalue weighted by Gasteiger charge is 2.33. The Balaban J connectivity index is 1.98. The Morgan fingerprint density at radius 1 is 1.35 bits per heavy atom. The number of aryl methyl sites for hydroxylation is 2. The van der Waals surface area contributed by atoms with Gasteiger partial charge in [0.1, 0.15) is 6.04 Å². The molecule has 0 aliphatic carbocycles. The van der Waals surface area contributed by atoms with Crippen molar-refractivity contribution in [3.8, 4) is 0 Å². The topological polar surface area (TPSA) is 138 Å². The summed E-state index contributed by atoms with van der Waals surface area (Å²) in [5, 5.41) is 15.4. The van der Waals surface area contributed by atoms with Gasteiger partial charge in [0, 0.05) is 30.9 Å². The number of rotatable bonds is 4. The number of nitrogens with zero attached hydrogens (tertiary/aromatic N) is 5. The first-order valence-corrected chi connectivity index (χ1v) is 10.1. The summed E-state index contributed by atoms with van der Waals surface area (Å²) in [7, 11) is 1.75. The number of benzene rings is 1. The Morgan fingerprint density at radius 3 is 2.71 bits per heavy atom. The molecule has 0 saturated carbocycles. The van der Waals surface area contributed by atoms with Gasteiger partial charge in [-0.15, -0.1) is 0 Å². The maximum absolute atomic E-state index is 13.4. The number of allylic oxidation sites excluding steroid dienone is 1. The fraction of sp³-hybridized carbons (Fsp3) is 0.200. The van der Waals surface area contributed by atoms with E-state index < -0.39 is 16.9 Å². The van der Waals surface area contributed by atoms with Gasteiger partial charge in [0.25, 0.3) is 11.2 Å². The van der Waals surface area contributed by atoms with Gasteiger partial charge in [0.15, 0.2) is 4.80 Å². The number of non-ortho nitro benzene ring substituents is 1. The smallest absolute Gasteiger partial charge is 0.271 e. The Bertz CT molecular complexity index is 1460. The zero-order chi connectivity index (χ0) is 22.4. The molecule has 31 heavy (non-hydrogen) atoms. The van der Waals surface area contributed by atoms with E-state index in [2.05, 4.69) is 10.1 Å². The van der Waals surface area contributed by atoms with Crippen molar-refractivity contribution in [2.75, 3.05) is 0 Å². The third kappa shape index (κ3) is 3.48. The number of nitro benzene ring substituents is 1. The van der Waals surface area contributed by atoms with Crippen LogP contribution in [0.15, 0.2) is 51.5 Å². The zero-order valence-electron chi connectivity index (χ0n) is 16.9. The highest BCUT2D eigenvalue weighted by molar-refractivity contribution is 7.07. The molecule has 1 aliphatic heterocycles. The number of nitro groups is 1. The monoisotopic (exact) mass is 438 g/mol. The van der Waals surface area contributed by atoms with Gasteiger partial charge in [-0.1, -0.05) is 23.5 Å². The molecule has 4 rings (SSSR count). The van der Waals surface area contributed by atoms with Crippen molar-refractivity contribution < 1.29 is 9.72 Å². The molecule has 0 unspecified atom stereocenters. The lowest BCUT2D eigenvalue weighted by Crippen LogP contribution is -2.40. The van der Waals surface area contributed by atoms with Gasteiger partial charge in [-0.2, -0.15) is 5.10 Å². The summed E-state index contributed by atoms with van der Waals surface area (Å²) in [5.41, 5.74) is 7.73. The molecule has 1 amide bonds. The van der Waals surface area contributed by atoms with Crippen molar-refractivity contribution in [2.24, 2.45) is 17.8 Å². The van der Waals surface area contributed by atoms with Crippen LogP contribution in [0, 0.1) is 17.0 Å². The molecule has 11 heteroatoms. The van der Waals surface area contributed by atoms with Gasteiger partial charge < -0.3 is 5.73 Å². The standard InChI is InChI=1S/C20H18N6O4S/c1-10-14(9-24(3)23-10)17-16(18(21)27)11(2)22-20-25(17)19(28)15(31-20)8-12-5-4-6-13(7-12)26(29)30/h4-9,17H,1-3H3,(H2,21,27)/b15-8+/t17-/m0/s1. The van der Waals surface area contributed by atoms with Gasteiger partial charge in [-0.05, 0) is 25.5 Å². The molecule has 2 N–H and O–H groups in total. The van der Waals surface area contributed by atoms with Crippen molar-refractivity contribution in [1.29, 1.82) is 0 Å². The van der Waals surface area contributed by atoms with Crippen molar-refractivity contribution in [2.45, 2.75) is 19.9 Å². The van der Waals surface area contributed by atoms with Crippen LogP contribution in [0.5, 0.6) is 0 Å². The van der Waals surface area contributed by atoms with Crippen LogP contribution in [0.2, 0.25) is 0 Å². The second-order valence-electron chi connectivity index (χ2n) is 7.14. The predicted molar refractivity (Wildman–Crippen MR) is 114 cm³/mol. The molecule has 10 nitrogen and oxygen atoms in total. The minimum atomic E-state index is -0.755. The highest BCUT2D eigenvalue weighted by atomic mass is 32.1. The van der Waals surface area contributed by atoms with Crippen LogP contribution in [0.3, 0.4) is 0 Å². The molecule has 158 valence electrons. The molecular formula is C20H18N6O4S. The van der Waals surface area contributed by atoms with Crippen LogP contribution in [0.25, 0.3) is 6.08 Å². The molecule has 1 aliphatic rings. The summed E-state index contributed by atoms with van der Waals surface area (Å²) in [6, 6.07) is 5.24. The van der Waals surface area contributed by atoms with E-state index in [1.54, 1.807) is 50.0 Å². The summed E-state index contributed by atoms with van der Waals surface area (Å²) < 4.78 is 3.38. The number of fused-ring (bicyclic) bond motifs is 1. The van der Waals surface area contributed by atoms with Crippen molar-refractivity contribution in [1.82, 2.24) is 14.3 Å². The Labute approximate surface area is 179 Å². The minimum Gasteiger partial charge on any atom is -0.366 e. The Kier molecular flexibility index (Phi) is 4.90. The summed E-state index contributed by atoms with van der Waals surface area (Å²) in [6.45, 7) is 3.47. The lowest BCUT2D eigenvalue weighted by atomic mass is 9.96. The maximum Gasteiger partial charge on any atom is 0.271 e. The van der Waals surface area contributed by atoms with Crippen LogP contribution in [0.1, 0.15) is 29.8 Å². The summed E-state index contributed by atoms with van der Waals surface area (Å²) in [4.78, 5) is 41.1. The van der Waals surface area contributed by atoms with E-state index in [1.165, 1.54) is 16.7 Å². The highest BCUT2D eigenvalue weighted by Crippen LogP contribution is 2.30. The lowest BCUT2D eigenvalue weighted by Gasteiger charge is -2.23. The van der Waals surface area contributed by atoms with Crippen molar-refractivity contribution in [3.63, 3.8) is 0 Å². The van der Waals surface area contributed by atoms with E-state index in [1.807, 2.05) is 0 Å². The SMILES string of the molecule is CC1=C(C(N)=O)[C@H](c2cn(C)nc2C)n2c(s/c(=C/c3cccc([N+](=O)[O-])c3)c2=O)=N1. The number of hydrogen-bond acceptors (Lipinski definition) is 7.